The largest absolute Gasteiger partial charge is 0.329 e. The van der Waals surface area contributed by atoms with Crippen molar-refractivity contribution in [1.29, 1.82) is 0 Å². The highest BCUT2D eigenvalue weighted by Gasteiger charge is 2.38. The van der Waals surface area contributed by atoms with E-state index in [9.17, 15) is 4.79 Å². The van der Waals surface area contributed by atoms with Crippen LogP contribution in [0.1, 0.15) is 32.1 Å². The van der Waals surface area contributed by atoms with Crippen LogP contribution in [-0.4, -0.2) is 17.4 Å². The summed E-state index contributed by atoms with van der Waals surface area (Å²) in [6, 6.07) is 1.75. The van der Waals surface area contributed by atoms with Gasteiger partial charge >= 0.3 is 0 Å². The molecule has 0 spiro atoms. The summed E-state index contributed by atoms with van der Waals surface area (Å²) in [6.45, 7) is 0.390. The van der Waals surface area contributed by atoms with Gasteiger partial charge in [-0.25, -0.2) is 4.98 Å². The molecule has 0 aromatic carbocycles. The Morgan fingerprint density at radius 3 is 2.74 bits per heavy atom. The predicted octanol–water partition coefficient (Wildman–Crippen LogP) is 3.35. The molecule has 0 aliphatic heterocycles. The quantitative estimate of drug-likeness (QED) is 0.825. The second-order valence-corrected chi connectivity index (χ2v) is 6.21. The molecule has 2 rings (SSSR count). The van der Waals surface area contributed by atoms with E-state index in [0.29, 0.717) is 21.9 Å². The number of hydrogen-bond acceptors (Lipinski definition) is 3. The summed E-state index contributed by atoms with van der Waals surface area (Å²) < 4.78 is 0.664. The normalized spacial score (nSPS) is 18.1. The number of pyridine rings is 1. The molecular weight excluding hydrogens is 330 g/mol. The van der Waals surface area contributed by atoms with Gasteiger partial charge in [-0.15, -0.1) is 0 Å². The van der Waals surface area contributed by atoms with Crippen LogP contribution in [0.3, 0.4) is 0 Å². The minimum atomic E-state index is -0.426. The number of carbonyl (C=O) groups excluding carboxylic acids is 1. The maximum atomic E-state index is 12.4. The molecule has 1 aromatic rings. The Morgan fingerprint density at radius 2 is 2.16 bits per heavy atom. The molecule has 1 aromatic heterocycles. The fourth-order valence-electron chi connectivity index (χ4n) is 2.51. The summed E-state index contributed by atoms with van der Waals surface area (Å²) in [7, 11) is 0. The number of amides is 1. The number of rotatable bonds is 3. The van der Waals surface area contributed by atoms with Crippen LogP contribution in [0, 0.1) is 5.41 Å². The van der Waals surface area contributed by atoms with Crippen molar-refractivity contribution in [2.24, 2.45) is 11.1 Å². The third kappa shape index (κ3) is 3.27. The van der Waals surface area contributed by atoms with Crippen LogP contribution in [0.4, 0.5) is 5.69 Å². The van der Waals surface area contributed by atoms with E-state index in [1.807, 2.05) is 0 Å². The highest BCUT2D eigenvalue weighted by molar-refractivity contribution is 9.10. The zero-order valence-corrected chi connectivity index (χ0v) is 12.9. The van der Waals surface area contributed by atoms with Gasteiger partial charge < -0.3 is 11.1 Å². The lowest BCUT2D eigenvalue weighted by Crippen LogP contribution is -2.43. The topological polar surface area (TPSA) is 68.0 Å². The SMILES string of the molecule is NCC1(C(=O)Nc2cnc(Cl)c(Br)c2)CCCCC1. The highest BCUT2D eigenvalue weighted by atomic mass is 79.9. The van der Waals surface area contributed by atoms with Crippen LogP contribution < -0.4 is 11.1 Å². The molecule has 4 nitrogen and oxygen atoms in total. The van der Waals surface area contributed by atoms with Gasteiger partial charge in [-0.2, -0.15) is 0 Å². The number of carbonyl (C=O) groups is 1. The molecule has 19 heavy (non-hydrogen) atoms. The summed E-state index contributed by atoms with van der Waals surface area (Å²) in [5, 5.41) is 3.28. The Bertz CT molecular complexity index is 475. The monoisotopic (exact) mass is 345 g/mol. The van der Waals surface area contributed by atoms with Gasteiger partial charge in [0.05, 0.1) is 21.8 Å². The Balaban J connectivity index is 2.12. The predicted molar refractivity (Wildman–Crippen MR) is 80.1 cm³/mol. The van der Waals surface area contributed by atoms with Crippen LogP contribution in [0.15, 0.2) is 16.7 Å². The smallest absolute Gasteiger partial charge is 0.231 e. The average Bonchev–Trinajstić information content (AvgIpc) is 2.43. The molecule has 1 saturated carbocycles. The summed E-state index contributed by atoms with van der Waals surface area (Å²) in [5.74, 6) is -0.00859. The first-order valence-electron chi connectivity index (χ1n) is 6.40. The van der Waals surface area contributed by atoms with E-state index >= 15 is 0 Å². The maximum Gasteiger partial charge on any atom is 0.231 e. The molecule has 1 aliphatic carbocycles. The van der Waals surface area contributed by atoms with Crippen LogP contribution >= 0.6 is 27.5 Å². The zero-order chi connectivity index (χ0) is 13.9. The summed E-state index contributed by atoms with van der Waals surface area (Å²) >= 11 is 9.12. The summed E-state index contributed by atoms with van der Waals surface area (Å²) in [4.78, 5) is 16.4. The lowest BCUT2D eigenvalue weighted by Gasteiger charge is -2.34. The van der Waals surface area contributed by atoms with Crippen LogP contribution in [0.5, 0.6) is 0 Å². The molecule has 3 N–H and O–H groups in total. The summed E-state index contributed by atoms with van der Waals surface area (Å²) in [5.41, 5.74) is 6.05. The van der Waals surface area contributed by atoms with Crippen molar-refractivity contribution in [3.63, 3.8) is 0 Å². The van der Waals surface area contributed by atoms with Crippen molar-refractivity contribution in [3.8, 4) is 0 Å². The van der Waals surface area contributed by atoms with Gasteiger partial charge in [0.1, 0.15) is 5.15 Å². The Hall–Kier alpha value is -0.650. The average molecular weight is 347 g/mol. The second kappa shape index (κ2) is 6.20. The van der Waals surface area contributed by atoms with Crippen molar-refractivity contribution < 1.29 is 4.79 Å². The van der Waals surface area contributed by atoms with Crippen LogP contribution in [0.25, 0.3) is 0 Å². The summed E-state index contributed by atoms with van der Waals surface area (Å²) in [6.07, 6.45) is 6.58. The van der Waals surface area contributed by atoms with E-state index in [2.05, 4.69) is 26.2 Å². The number of anilines is 1. The van der Waals surface area contributed by atoms with Gasteiger partial charge in [-0.05, 0) is 34.8 Å². The van der Waals surface area contributed by atoms with Crippen LogP contribution in [0.2, 0.25) is 5.15 Å². The molecule has 0 bridgehead atoms. The van der Waals surface area contributed by atoms with Gasteiger partial charge in [0.15, 0.2) is 0 Å². The number of nitrogens with zero attached hydrogens (tertiary/aromatic N) is 1. The van der Waals surface area contributed by atoms with Crippen molar-refractivity contribution in [2.75, 3.05) is 11.9 Å². The van der Waals surface area contributed by atoms with E-state index in [-0.39, 0.29) is 5.91 Å². The van der Waals surface area contributed by atoms with E-state index in [1.54, 1.807) is 12.3 Å². The first-order valence-corrected chi connectivity index (χ1v) is 7.57. The molecule has 1 fully saturated rings. The Labute approximate surface area is 126 Å². The number of halogens is 2. The molecule has 6 heteroatoms. The number of aromatic nitrogens is 1. The molecular formula is C13H17BrClN3O. The fraction of sp³-hybridized carbons (Fsp3) is 0.538. The lowest BCUT2D eigenvalue weighted by molar-refractivity contribution is -0.126. The molecule has 1 amide bonds. The number of nitrogens with one attached hydrogen (secondary N) is 1. The molecule has 104 valence electrons. The molecule has 0 saturated heterocycles. The van der Waals surface area contributed by atoms with Crippen molar-refractivity contribution in [2.45, 2.75) is 32.1 Å². The first-order chi connectivity index (χ1) is 9.07. The third-order valence-electron chi connectivity index (χ3n) is 3.74. The van der Waals surface area contributed by atoms with Gasteiger partial charge in [0.25, 0.3) is 0 Å². The van der Waals surface area contributed by atoms with Gasteiger partial charge in [-0.3, -0.25) is 4.79 Å². The van der Waals surface area contributed by atoms with Crippen LogP contribution in [-0.2, 0) is 4.79 Å². The minimum Gasteiger partial charge on any atom is -0.329 e. The minimum absolute atomic E-state index is 0.00859. The van der Waals surface area contributed by atoms with Crippen molar-refractivity contribution >= 4 is 39.1 Å². The van der Waals surface area contributed by atoms with Gasteiger partial charge in [0.2, 0.25) is 5.91 Å². The van der Waals surface area contributed by atoms with Crippen molar-refractivity contribution in [3.05, 3.63) is 21.9 Å². The van der Waals surface area contributed by atoms with E-state index in [0.717, 1.165) is 25.7 Å². The highest BCUT2D eigenvalue weighted by Crippen LogP contribution is 2.36. The first kappa shape index (κ1) is 14.8. The molecule has 0 radical (unpaired) electrons. The third-order valence-corrected chi connectivity index (χ3v) is 4.87. The van der Waals surface area contributed by atoms with E-state index < -0.39 is 5.41 Å². The van der Waals surface area contributed by atoms with E-state index in [1.165, 1.54) is 6.42 Å². The number of nitrogens with two attached hydrogens (primary N) is 1. The Morgan fingerprint density at radius 1 is 1.47 bits per heavy atom. The zero-order valence-electron chi connectivity index (χ0n) is 10.6. The van der Waals surface area contributed by atoms with Gasteiger partial charge in [0, 0.05) is 6.54 Å². The fourth-order valence-corrected chi connectivity index (χ4v) is 2.96. The maximum absolute atomic E-state index is 12.4. The second-order valence-electron chi connectivity index (χ2n) is 5.00. The number of hydrogen-bond donors (Lipinski definition) is 2. The lowest BCUT2D eigenvalue weighted by atomic mass is 9.73. The Kier molecular flexibility index (Phi) is 4.81. The molecule has 1 heterocycles. The van der Waals surface area contributed by atoms with Gasteiger partial charge in [-0.1, -0.05) is 30.9 Å². The molecule has 0 unspecified atom stereocenters. The van der Waals surface area contributed by atoms with Crippen molar-refractivity contribution in [1.82, 2.24) is 4.98 Å². The molecule has 1 aliphatic rings. The van der Waals surface area contributed by atoms with E-state index in [4.69, 9.17) is 17.3 Å². The molecule has 0 atom stereocenters. The standard InChI is InChI=1S/C13H17BrClN3O/c14-10-6-9(7-17-11(10)15)18-12(19)13(8-16)4-2-1-3-5-13/h6-7H,1-5,8,16H2,(H,18,19).